The van der Waals surface area contributed by atoms with Crippen LogP contribution in [0.3, 0.4) is 0 Å². The molecule has 0 spiro atoms. The van der Waals surface area contributed by atoms with E-state index in [1.165, 1.54) is 9.80 Å². The Morgan fingerprint density at radius 3 is 2.28 bits per heavy atom. The maximum atomic E-state index is 12.5. The number of carbonyl (C=O) groups is 3. The average Bonchev–Trinajstić information content (AvgIpc) is 3.10. The molecular formula is C17H20N2O5S. The van der Waals surface area contributed by atoms with E-state index in [1.54, 1.807) is 31.3 Å². The molecule has 2 aliphatic heterocycles. The van der Waals surface area contributed by atoms with Crippen LogP contribution >= 0.6 is 0 Å². The molecule has 134 valence electrons. The van der Waals surface area contributed by atoms with E-state index in [0.717, 1.165) is 5.56 Å². The molecule has 1 aromatic carbocycles. The number of benzene rings is 1. The third-order valence-corrected chi connectivity index (χ3v) is 6.52. The summed E-state index contributed by atoms with van der Waals surface area (Å²) in [6, 6.07) is 6.42. The number of amides is 3. The average molecular weight is 364 g/mol. The van der Waals surface area contributed by atoms with E-state index in [4.69, 9.17) is 0 Å². The van der Waals surface area contributed by atoms with Gasteiger partial charge in [-0.15, -0.1) is 0 Å². The van der Waals surface area contributed by atoms with Crippen LogP contribution in [-0.4, -0.2) is 60.5 Å². The number of rotatable bonds is 4. The molecule has 0 aliphatic carbocycles. The Morgan fingerprint density at radius 2 is 1.76 bits per heavy atom. The van der Waals surface area contributed by atoms with E-state index >= 15 is 0 Å². The lowest BCUT2D eigenvalue weighted by molar-refractivity contribution is -0.139. The molecule has 0 bridgehead atoms. The molecule has 0 aromatic heterocycles. The lowest BCUT2D eigenvalue weighted by atomic mass is 10.1. The second-order valence-electron chi connectivity index (χ2n) is 6.54. The van der Waals surface area contributed by atoms with E-state index in [2.05, 4.69) is 0 Å². The van der Waals surface area contributed by atoms with Crippen LogP contribution in [0.5, 0.6) is 0 Å². The standard InChI is InChI=1S/C17H20N2O5S/c1-18(14-8-9-25(23,24)11-14)17(22)13-4-2-12(3-5-13)10-19-15(20)6-7-16(19)21/h2-5,14H,6-11H2,1H3/t14-/m1/s1. The molecule has 3 amide bonds. The predicted octanol–water partition coefficient (Wildman–Crippen LogP) is 0.595. The van der Waals surface area contributed by atoms with E-state index in [9.17, 15) is 22.8 Å². The first-order valence-electron chi connectivity index (χ1n) is 8.16. The molecule has 2 saturated heterocycles. The van der Waals surface area contributed by atoms with Crippen molar-refractivity contribution in [2.24, 2.45) is 0 Å². The summed E-state index contributed by atoms with van der Waals surface area (Å²) < 4.78 is 23.1. The zero-order chi connectivity index (χ0) is 18.2. The fourth-order valence-corrected chi connectivity index (χ4v) is 4.96. The second-order valence-corrected chi connectivity index (χ2v) is 8.77. The minimum atomic E-state index is -3.05. The van der Waals surface area contributed by atoms with Gasteiger partial charge >= 0.3 is 0 Å². The largest absolute Gasteiger partial charge is 0.338 e. The van der Waals surface area contributed by atoms with Crippen molar-refractivity contribution in [3.8, 4) is 0 Å². The fraction of sp³-hybridized carbons (Fsp3) is 0.471. The number of likely N-dealkylation sites (tertiary alicyclic amines) is 1. The minimum Gasteiger partial charge on any atom is -0.338 e. The number of imide groups is 1. The van der Waals surface area contributed by atoms with Crippen molar-refractivity contribution in [3.63, 3.8) is 0 Å². The summed E-state index contributed by atoms with van der Waals surface area (Å²) >= 11 is 0. The van der Waals surface area contributed by atoms with Gasteiger partial charge in [-0.2, -0.15) is 0 Å². The van der Waals surface area contributed by atoms with Crippen molar-refractivity contribution < 1.29 is 22.8 Å². The molecule has 1 aromatic rings. The van der Waals surface area contributed by atoms with Gasteiger partial charge in [0.1, 0.15) is 0 Å². The smallest absolute Gasteiger partial charge is 0.253 e. The summed E-state index contributed by atoms with van der Waals surface area (Å²) in [5.74, 6) is -0.458. The monoisotopic (exact) mass is 364 g/mol. The van der Waals surface area contributed by atoms with Crippen LogP contribution in [0.4, 0.5) is 0 Å². The number of hydrogen-bond acceptors (Lipinski definition) is 5. The number of carbonyl (C=O) groups excluding carboxylic acids is 3. The van der Waals surface area contributed by atoms with E-state index in [-0.39, 0.29) is 54.7 Å². The Labute approximate surface area is 146 Å². The third-order valence-electron chi connectivity index (χ3n) is 4.77. The second kappa shape index (κ2) is 6.59. The van der Waals surface area contributed by atoms with E-state index in [1.807, 2.05) is 0 Å². The Hall–Kier alpha value is -2.22. The Kier molecular flexibility index (Phi) is 4.64. The summed E-state index contributed by atoms with van der Waals surface area (Å²) in [7, 11) is -1.44. The van der Waals surface area contributed by atoms with Crippen LogP contribution in [0.25, 0.3) is 0 Å². The third kappa shape index (κ3) is 3.73. The first-order chi connectivity index (χ1) is 11.8. The zero-order valence-corrected chi connectivity index (χ0v) is 14.8. The lowest BCUT2D eigenvalue weighted by Gasteiger charge is -2.23. The van der Waals surface area contributed by atoms with Crippen LogP contribution < -0.4 is 0 Å². The van der Waals surface area contributed by atoms with Gasteiger partial charge < -0.3 is 4.90 Å². The van der Waals surface area contributed by atoms with Crippen LogP contribution in [0.2, 0.25) is 0 Å². The van der Waals surface area contributed by atoms with E-state index in [0.29, 0.717) is 12.0 Å². The minimum absolute atomic E-state index is 0.00646. The maximum absolute atomic E-state index is 12.5. The van der Waals surface area contributed by atoms with Crippen LogP contribution in [0, 0.1) is 0 Å². The highest BCUT2D eigenvalue weighted by Gasteiger charge is 2.33. The van der Waals surface area contributed by atoms with Crippen molar-refractivity contribution in [2.75, 3.05) is 18.6 Å². The Morgan fingerprint density at radius 1 is 1.16 bits per heavy atom. The van der Waals surface area contributed by atoms with Gasteiger partial charge in [0.2, 0.25) is 11.8 Å². The van der Waals surface area contributed by atoms with Gasteiger partial charge in [0, 0.05) is 31.5 Å². The van der Waals surface area contributed by atoms with Crippen molar-refractivity contribution in [1.82, 2.24) is 9.80 Å². The molecule has 0 N–H and O–H groups in total. The summed E-state index contributed by atoms with van der Waals surface area (Å²) in [4.78, 5) is 38.5. The highest BCUT2D eigenvalue weighted by atomic mass is 32.2. The Balaban J connectivity index is 1.66. The molecule has 25 heavy (non-hydrogen) atoms. The molecule has 1 atom stereocenters. The maximum Gasteiger partial charge on any atom is 0.253 e. The van der Waals surface area contributed by atoms with Gasteiger partial charge in [0.05, 0.1) is 18.1 Å². The van der Waals surface area contributed by atoms with Crippen molar-refractivity contribution in [3.05, 3.63) is 35.4 Å². The van der Waals surface area contributed by atoms with Gasteiger partial charge in [-0.3, -0.25) is 19.3 Å². The van der Waals surface area contributed by atoms with Gasteiger partial charge in [-0.1, -0.05) is 12.1 Å². The summed E-state index contributed by atoms with van der Waals surface area (Å²) in [6.07, 6.45) is 0.969. The topological polar surface area (TPSA) is 91.8 Å². The molecule has 0 radical (unpaired) electrons. The summed E-state index contributed by atoms with van der Waals surface area (Å²) in [5.41, 5.74) is 1.22. The van der Waals surface area contributed by atoms with Crippen LogP contribution in [0.1, 0.15) is 35.2 Å². The van der Waals surface area contributed by atoms with Gasteiger partial charge in [0.25, 0.3) is 5.91 Å². The van der Waals surface area contributed by atoms with Gasteiger partial charge in [-0.25, -0.2) is 8.42 Å². The Bertz CT molecular complexity index is 800. The molecule has 2 heterocycles. The molecule has 2 fully saturated rings. The van der Waals surface area contributed by atoms with Crippen molar-refractivity contribution in [1.29, 1.82) is 0 Å². The lowest BCUT2D eigenvalue weighted by Crippen LogP contribution is -2.37. The molecule has 0 unspecified atom stereocenters. The fourth-order valence-electron chi connectivity index (χ4n) is 3.18. The first-order valence-corrected chi connectivity index (χ1v) is 9.99. The summed E-state index contributed by atoms with van der Waals surface area (Å²) in [6.45, 7) is 0.211. The van der Waals surface area contributed by atoms with Crippen LogP contribution in [-0.2, 0) is 26.0 Å². The van der Waals surface area contributed by atoms with Crippen molar-refractivity contribution >= 4 is 27.6 Å². The molecular weight excluding hydrogens is 344 g/mol. The molecule has 0 saturated carbocycles. The van der Waals surface area contributed by atoms with Gasteiger partial charge in [0.15, 0.2) is 9.84 Å². The van der Waals surface area contributed by atoms with Crippen LogP contribution in [0.15, 0.2) is 24.3 Å². The number of sulfone groups is 1. The number of hydrogen-bond donors (Lipinski definition) is 0. The number of nitrogens with zero attached hydrogens (tertiary/aromatic N) is 2. The quantitative estimate of drug-likeness (QED) is 0.730. The highest BCUT2D eigenvalue weighted by Crippen LogP contribution is 2.20. The predicted molar refractivity (Wildman–Crippen MR) is 90.4 cm³/mol. The normalized spacial score (nSPS) is 22.4. The van der Waals surface area contributed by atoms with Crippen molar-refractivity contribution in [2.45, 2.75) is 31.8 Å². The first kappa shape index (κ1) is 17.6. The molecule has 8 heteroatoms. The van der Waals surface area contributed by atoms with E-state index < -0.39 is 9.84 Å². The molecule has 2 aliphatic rings. The zero-order valence-electron chi connectivity index (χ0n) is 14.0. The highest BCUT2D eigenvalue weighted by molar-refractivity contribution is 7.91. The molecule has 3 rings (SSSR count). The summed E-state index contributed by atoms with van der Waals surface area (Å²) in [5, 5.41) is 0. The SMILES string of the molecule is CN(C(=O)c1ccc(CN2C(=O)CCC2=O)cc1)[C@@H]1CCS(=O)(=O)C1. The van der Waals surface area contributed by atoms with Gasteiger partial charge in [-0.05, 0) is 24.1 Å². The molecule has 7 nitrogen and oxygen atoms in total.